The van der Waals surface area contributed by atoms with E-state index >= 15 is 0 Å². The second-order valence-corrected chi connectivity index (χ2v) is 16.8. The molecule has 0 saturated carbocycles. The molecule has 0 N–H and O–H groups in total. The summed E-state index contributed by atoms with van der Waals surface area (Å²) in [6.45, 7) is 5.71. The number of benzene rings is 7. The zero-order valence-corrected chi connectivity index (χ0v) is 40.4. The van der Waals surface area contributed by atoms with Crippen molar-refractivity contribution in [2.24, 2.45) is 0 Å². The summed E-state index contributed by atoms with van der Waals surface area (Å²) in [4.78, 5) is 28.6. The van der Waals surface area contributed by atoms with Gasteiger partial charge in [0.05, 0.1) is 0 Å². The monoisotopic (exact) mass is 952 g/mol. The van der Waals surface area contributed by atoms with Crippen molar-refractivity contribution in [2.45, 2.75) is 26.2 Å². The van der Waals surface area contributed by atoms with Crippen molar-refractivity contribution in [2.75, 3.05) is 0 Å². The van der Waals surface area contributed by atoms with Crippen molar-refractivity contribution in [3.63, 3.8) is 0 Å². The van der Waals surface area contributed by atoms with Gasteiger partial charge in [0, 0.05) is 19.3 Å². The summed E-state index contributed by atoms with van der Waals surface area (Å²) < 4.78 is 18.8. The van der Waals surface area contributed by atoms with Crippen molar-refractivity contribution >= 4 is 12.2 Å². The SMILES string of the molecule is C=C/C=C\C=C\c1ccc(Oc2nc(Cc3ccc(Cc4nc(Cc5ccc(/C=C/C=C\C=C/C)cc5)nc(Oc5ccc(-c6ccccc6)cc5)n4)cc3)nc(Oc3ccc(-c4ccccc4)cc3)n2)cc1. The molecule has 9 nitrogen and oxygen atoms in total. The number of nitrogens with zero attached hydrogens (tertiary/aromatic N) is 6. The maximum atomic E-state index is 6.32. The molecule has 0 unspecified atom stereocenters. The van der Waals surface area contributed by atoms with E-state index in [4.69, 9.17) is 39.1 Å². The van der Waals surface area contributed by atoms with Crippen LogP contribution in [0.2, 0.25) is 0 Å². The summed E-state index contributed by atoms with van der Waals surface area (Å²) in [5.41, 5.74) is 9.57. The molecule has 0 aliphatic carbocycles. The second-order valence-electron chi connectivity index (χ2n) is 16.8. The van der Waals surface area contributed by atoms with Gasteiger partial charge >= 0.3 is 18.0 Å². The number of aromatic nitrogens is 6. The van der Waals surface area contributed by atoms with Crippen LogP contribution in [0.4, 0.5) is 0 Å². The van der Waals surface area contributed by atoms with Crippen LogP contribution >= 0.6 is 0 Å². The fourth-order valence-corrected chi connectivity index (χ4v) is 7.64. The van der Waals surface area contributed by atoms with Crippen LogP contribution in [0.1, 0.15) is 52.2 Å². The first-order chi connectivity index (χ1) is 36.0. The molecule has 0 spiro atoms. The summed E-state index contributed by atoms with van der Waals surface area (Å²) in [6.07, 6.45) is 22.9. The zero-order chi connectivity index (χ0) is 49.9. The fourth-order valence-electron chi connectivity index (χ4n) is 7.64. The number of allylic oxidation sites excluding steroid dienone is 9. The topological polar surface area (TPSA) is 105 Å². The highest BCUT2D eigenvalue weighted by Gasteiger charge is 2.15. The van der Waals surface area contributed by atoms with E-state index < -0.39 is 0 Å². The van der Waals surface area contributed by atoms with Crippen molar-refractivity contribution < 1.29 is 14.2 Å². The molecule has 0 amide bonds. The molecule has 9 aromatic rings. The molecule has 0 aliphatic heterocycles. The van der Waals surface area contributed by atoms with Crippen molar-refractivity contribution in [3.8, 4) is 57.5 Å². The van der Waals surface area contributed by atoms with E-state index in [1.807, 2.05) is 171 Å². The van der Waals surface area contributed by atoms with Gasteiger partial charge in [0.25, 0.3) is 0 Å². The summed E-state index contributed by atoms with van der Waals surface area (Å²) in [5.74, 6) is 3.47. The molecule has 0 saturated heterocycles. The third-order valence-corrected chi connectivity index (χ3v) is 11.3. The smallest absolute Gasteiger partial charge is 0.328 e. The minimum atomic E-state index is 0.117. The normalized spacial score (nSPS) is 11.6. The highest BCUT2D eigenvalue weighted by atomic mass is 16.5. The summed E-state index contributed by atoms with van der Waals surface area (Å²) in [6, 6.07) is 60.9. The third kappa shape index (κ3) is 14.5. The van der Waals surface area contributed by atoms with Gasteiger partial charge in [0.15, 0.2) is 0 Å². The number of hydrogen-bond acceptors (Lipinski definition) is 9. The van der Waals surface area contributed by atoms with Gasteiger partial charge in [0.2, 0.25) is 0 Å². The van der Waals surface area contributed by atoms with E-state index in [0.29, 0.717) is 54.0 Å². The second kappa shape index (κ2) is 24.8. The molecular weight excluding hydrogens is 901 g/mol. The van der Waals surface area contributed by atoms with E-state index in [-0.39, 0.29) is 18.0 Å². The maximum Gasteiger partial charge on any atom is 0.328 e. The molecule has 9 rings (SSSR count). The lowest BCUT2D eigenvalue weighted by Gasteiger charge is -2.11. The minimum absolute atomic E-state index is 0.117. The molecule has 0 radical (unpaired) electrons. The van der Waals surface area contributed by atoms with Crippen molar-refractivity contribution in [1.29, 1.82) is 0 Å². The number of ether oxygens (including phenoxy) is 3. The predicted molar refractivity (Wildman–Crippen MR) is 293 cm³/mol. The lowest BCUT2D eigenvalue weighted by molar-refractivity contribution is 0.393. The molecular formula is C64H52N6O3. The van der Waals surface area contributed by atoms with Crippen LogP contribution in [-0.4, -0.2) is 29.9 Å². The summed E-state index contributed by atoms with van der Waals surface area (Å²) in [5, 5.41) is 0. The molecule has 7 aromatic carbocycles. The van der Waals surface area contributed by atoms with Gasteiger partial charge in [-0.1, -0.05) is 219 Å². The minimum Gasteiger partial charge on any atom is -0.424 e. The van der Waals surface area contributed by atoms with E-state index in [0.717, 1.165) is 50.1 Å². The highest BCUT2D eigenvalue weighted by Crippen LogP contribution is 2.28. The third-order valence-electron chi connectivity index (χ3n) is 11.3. The molecule has 0 atom stereocenters. The van der Waals surface area contributed by atoms with Gasteiger partial charge < -0.3 is 14.2 Å². The van der Waals surface area contributed by atoms with Gasteiger partial charge in [-0.15, -0.1) is 4.98 Å². The Balaban J connectivity index is 0.936. The lowest BCUT2D eigenvalue weighted by Crippen LogP contribution is -2.07. The predicted octanol–water partition coefficient (Wildman–Crippen LogP) is 15.4. The fraction of sp³-hybridized carbons (Fsp3) is 0.0625. The van der Waals surface area contributed by atoms with Gasteiger partial charge in [-0.3, -0.25) is 0 Å². The Morgan fingerprint density at radius 3 is 1.11 bits per heavy atom. The summed E-state index contributed by atoms with van der Waals surface area (Å²) in [7, 11) is 0. The Bertz CT molecular complexity index is 3370. The average Bonchev–Trinajstić information content (AvgIpc) is 3.42. The maximum absolute atomic E-state index is 6.32. The first-order valence-corrected chi connectivity index (χ1v) is 24.0. The molecule has 73 heavy (non-hydrogen) atoms. The molecule has 0 aliphatic rings. The van der Waals surface area contributed by atoms with Gasteiger partial charge in [-0.25, -0.2) is 4.98 Å². The van der Waals surface area contributed by atoms with Crippen LogP contribution in [0.3, 0.4) is 0 Å². The Labute approximate surface area is 426 Å². The van der Waals surface area contributed by atoms with Gasteiger partial charge in [0.1, 0.15) is 34.7 Å². The van der Waals surface area contributed by atoms with E-state index in [2.05, 4.69) is 90.4 Å². The molecule has 0 fully saturated rings. The molecule has 2 heterocycles. The standard InChI is InChI=1S/C64H52N6O3/c1-3-5-7-9-13-19-47-24-26-49(27-25-47)44-59-65-60(67-62(66-59)71-57-40-34-54(35-41-57)52-20-14-10-15-21-52)45-50-28-30-51(31-29-50)46-61-68-63(72-56-38-32-48(33-39-56)18-12-8-6-4-2)70-64(69-61)73-58-42-36-55(37-43-58)53-22-16-11-17-23-53/h3-43H,2,44-46H2,1H3/b5-3-,8-6-,9-7-,18-12+,19-13+. The van der Waals surface area contributed by atoms with Crippen molar-refractivity contribution in [1.82, 2.24) is 29.9 Å². The van der Waals surface area contributed by atoms with Gasteiger partial charge in [-0.2, -0.15) is 19.9 Å². The Kier molecular flexibility index (Phi) is 16.4. The van der Waals surface area contributed by atoms with Crippen LogP contribution in [0.15, 0.2) is 243 Å². The molecule has 356 valence electrons. The molecule has 0 bridgehead atoms. The first kappa shape index (κ1) is 48.4. The van der Waals surface area contributed by atoms with Crippen LogP contribution in [-0.2, 0) is 19.3 Å². The van der Waals surface area contributed by atoms with Crippen LogP contribution in [0.25, 0.3) is 34.4 Å². The Morgan fingerprint density at radius 1 is 0.342 bits per heavy atom. The molecule has 2 aromatic heterocycles. The molecule has 9 heteroatoms. The quantitative estimate of drug-likeness (QED) is 0.0691. The average molecular weight is 953 g/mol. The van der Waals surface area contributed by atoms with Crippen molar-refractivity contribution in [3.05, 3.63) is 289 Å². The summed E-state index contributed by atoms with van der Waals surface area (Å²) >= 11 is 0. The van der Waals surface area contributed by atoms with Crippen LogP contribution < -0.4 is 14.2 Å². The van der Waals surface area contributed by atoms with Gasteiger partial charge in [-0.05, 0) is 93.4 Å². The lowest BCUT2D eigenvalue weighted by atomic mass is 10.1. The number of rotatable bonds is 20. The van der Waals surface area contributed by atoms with Crippen LogP contribution in [0, 0.1) is 0 Å². The van der Waals surface area contributed by atoms with E-state index in [1.165, 1.54) is 0 Å². The van der Waals surface area contributed by atoms with Crippen LogP contribution in [0.5, 0.6) is 35.3 Å². The Hall–Kier alpha value is -9.60. The zero-order valence-electron chi connectivity index (χ0n) is 40.4. The first-order valence-electron chi connectivity index (χ1n) is 24.0. The number of hydrogen-bond donors (Lipinski definition) is 0. The van der Waals surface area contributed by atoms with E-state index in [1.54, 1.807) is 6.08 Å². The Morgan fingerprint density at radius 2 is 0.685 bits per heavy atom. The highest BCUT2D eigenvalue weighted by molar-refractivity contribution is 5.65. The van der Waals surface area contributed by atoms with E-state index in [9.17, 15) is 0 Å². The largest absolute Gasteiger partial charge is 0.424 e.